The van der Waals surface area contributed by atoms with Gasteiger partial charge in [-0.1, -0.05) is 18.9 Å². The number of rotatable bonds is 7. The fourth-order valence-electron chi connectivity index (χ4n) is 2.54. The lowest BCUT2D eigenvalue weighted by atomic mass is 10.1. The molecule has 1 aromatic rings. The van der Waals surface area contributed by atoms with Crippen LogP contribution in [-0.4, -0.2) is 49.8 Å². The average Bonchev–Trinajstić information content (AvgIpc) is 3.05. The molecule has 0 saturated heterocycles. The van der Waals surface area contributed by atoms with E-state index >= 15 is 0 Å². The van der Waals surface area contributed by atoms with Crippen molar-refractivity contribution in [1.82, 2.24) is 10.3 Å². The van der Waals surface area contributed by atoms with E-state index in [1.54, 1.807) is 0 Å². The SMILES string of the molecule is CS(=O)(=O)N=CC(N)=O.NC(=O)[C@H](Cc1cccc(Br)n1)NC1CCCC1. The zero-order valence-electron chi connectivity index (χ0n) is 15.0. The molecule has 1 heterocycles. The average molecular weight is 462 g/mol. The normalized spacial score (nSPS) is 15.9. The number of nitrogens with zero attached hydrogens (tertiary/aromatic N) is 2. The molecule has 150 valence electrons. The lowest BCUT2D eigenvalue weighted by Crippen LogP contribution is -2.47. The molecule has 0 aromatic carbocycles. The van der Waals surface area contributed by atoms with Crippen LogP contribution in [0, 0.1) is 0 Å². The summed E-state index contributed by atoms with van der Waals surface area (Å²) in [5, 5.41) is 3.35. The van der Waals surface area contributed by atoms with E-state index in [4.69, 9.17) is 5.73 Å². The first kappa shape index (κ1) is 23.2. The monoisotopic (exact) mass is 461 g/mol. The van der Waals surface area contributed by atoms with Crippen LogP contribution in [0.3, 0.4) is 0 Å². The molecule has 1 saturated carbocycles. The second-order valence-corrected chi connectivity index (χ2v) is 8.62. The van der Waals surface area contributed by atoms with E-state index in [2.05, 4.69) is 36.4 Å². The van der Waals surface area contributed by atoms with E-state index in [0.29, 0.717) is 18.7 Å². The number of halogens is 1. The lowest BCUT2D eigenvalue weighted by Gasteiger charge is -2.20. The van der Waals surface area contributed by atoms with Gasteiger partial charge in [0.1, 0.15) is 10.8 Å². The van der Waals surface area contributed by atoms with Crippen LogP contribution in [0.25, 0.3) is 0 Å². The van der Waals surface area contributed by atoms with Crippen molar-refractivity contribution in [3.63, 3.8) is 0 Å². The maximum Gasteiger partial charge on any atom is 0.260 e. The number of carbonyl (C=O) groups excluding carboxylic acids is 2. The fraction of sp³-hybridized carbons (Fsp3) is 0.500. The Balaban J connectivity index is 0.000000345. The van der Waals surface area contributed by atoms with Crippen molar-refractivity contribution in [2.45, 2.75) is 44.2 Å². The largest absolute Gasteiger partial charge is 0.368 e. The minimum absolute atomic E-state index is 0.302. The summed E-state index contributed by atoms with van der Waals surface area (Å²) in [6.45, 7) is 0. The Bertz CT molecular complexity index is 779. The first-order chi connectivity index (χ1) is 12.6. The number of primary amides is 2. The predicted molar refractivity (Wildman–Crippen MR) is 107 cm³/mol. The molecule has 1 aliphatic rings. The van der Waals surface area contributed by atoms with Gasteiger partial charge in [0.15, 0.2) is 0 Å². The number of pyridine rings is 1. The second-order valence-electron chi connectivity index (χ2n) is 6.13. The molecule has 11 heteroatoms. The Hall–Kier alpha value is -1.85. The maximum atomic E-state index is 11.5. The van der Waals surface area contributed by atoms with Gasteiger partial charge >= 0.3 is 0 Å². The highest BCUT2D eigenvalue weighted by atomic mass is 79.9. The van der Waals surface area contributed by atoms with Crippen molar-refractivity contribution in [1.29, 1.82) is 0 Å². The Morgan fingerprint density at radius 1 is 1.37 bits per heavy atom. The van der Waals surface area contributed by atoms with E-state index < -0.39 is 15.9 Å². The number of amides is 2. The number of hydrogen-bond acceptors (Lipinski definition) is 6. The van der Waals surface area contributed by atoms with E-state index in [9.17, 15) is 18.0 Å². The molecule has 1 fully saturated rings. The topological polar surface area (TPSA) is 158 Å². The van der Waals surface area contributed by atoms with Crippen molar-refractivity contribution in [2.75, 3.05) is 6.26 Å². The summed E-state index contributed by atoms with van der Waals surface area (Å²) in [7, 11) is -3.45. The zero-order chi connectivity index (χ0) is 20.4. The Morgan fingerprint density at radius 3 is 2.44 bits per heavy atom. The van der Waals surface area contributed by atoms with Gasteiger partial charge in [0, 0.05) is 18.2 Å². The highest BCUT2D eigenvalue weighted by molar-refractivity contribution is 9.10. The van der Waals surface area contributed by atoms with Crippen molar-refractivity contribution in [3.05, 3.63) is 28.5 Å². The van der Waals surface area contributed by atoms with Crippen LogP contribution in [0.2, 0.25) is 0 Å². The molecular formula is C16H24BrN5O4S. The standard InChI is InChI=1S/C13H18BrN3O.C3H6N2O3S/c14-12-7-3-6-10(17-12)8-11(13(15)18)16-9-4-1-2-5-9;1-9(7,8)5-2-3(4)6/h3,6-7,9,11,16H,1-2,4-5,8H2,(H2,15,18);2H,1H3,(H2,4,6)/t11-;/m0./s1. The van der Waals surface area contributed by atoms with Crippen molar-refractivity contribution >= 4 is 44.0 Å². The molecule has 1 atom stereocenters. The number of carbonyl (C=O) groups is 2. The number of hydrogen-bond donors (Lipinski definition) is 3. The molecule has 9 nitrogen and oxygen atoms in total. The van der Waals surface area contributed by atoms with Gasteiger partial charge in [-0.05, 0) is 40.9 Å². The molecule has 0 bridgehead atoms. The number of nitrogens with two attached hydrogens (primary N) is 2. The van der Waals surface area contributed by atoms with Crippen LogP contribution in [0.5, 0.6) is 0 Å². The summed E-state index contributed by atoms with van der Waals surface area (Å²) >= 11 is 3.33. The van der Waals surface area contributed by atoms with E-state index in [1.807, 2.05) is 18.2 Å². The molecular weight excluding hydrogens is 438 g/mol. The van der Waals surface area contributed by atoms with Crippen LogP contribution in [-0.2, 0) is 26.0 Å². The summed E-state index contributed by atoms with van der Waals surface area (Å²) in [6, 6.07) is 5.80. The summed E-state index contributed by atoms with van der Waals surface area (Å²) in [5.74, 6) is -1.18. The van der Waals surface area contributed by atoms with Gasteiger partial charge < -0.3 is 16.8 Å². The fourth-order valence-corrected chi connectivity index (χ4v) is 3.22. The third kappa shape index (κ3) is 10.8. The first-order valence-corrected chi connectivity index (χ1v) is 10.9. The number of sulfonamides is 1. The molecule has 0 aliphatic heterocycles. The third-order valence-electron chi connectivity index (χ3n) is 3.69. The molecule has 5 N–H and O–H groups in total. The number of nitrogens with one attached hydrogen (secondary N) is 1. The summed E-state index contributed by atoms with van der Waals surface area (Å²) < 4.78 is 23.9. The highest BCUT2D eigenvalue weighted by Crippen LogP contribution is 2.18. The van der Waals surface area contributed by atoms with E-state index in [1.165, 1.54) is 12.8 Å². The Labute approximate surface area is 167 Å². The van der Waals surface area contributed by atoms with E-state index in [0.717, 1.165) is 29.4 Å². The summed E-state index contributed by atoms with van der Waals surface area (Å²) in [5.41, 5.74) is 10.9. The van der Waals surface area contributed by atoms with Crippen molar-refractivity contribution in [2.24, 2.45) is 15.9 Å². The summed E-state index contributed by atoms with van der Waals surface area (Å²) in [6.07, 6.45) is 6.70. The predicted octanol–water partition coefficient (Wildman–Crippen LogP) is 0.275. The molecule has 2 amide bonds. The van der Waals surface area contributed by atoms with Gasteiger partial charge in [-0.3, -0.25) is 9.59 Å². The van der Waals surface area contributed by atoms with Crippen LogP contribution < -0.4 is 16.8 Å². The zero-order valence-corrected chi connectivity index (χ0v) is 17.4. The number of aromatic nitrogens is 1. The molecule has 2 rings (SSSR count). The third-order valence-corrected chi connectivity index (χ3v) is 4.62. The van der Waals surface area contributed by atoms with Crippen LogP contribution in [0.15, 0.2) is 27.2 Å². The maximum absolute atomic E-state index is 11.5. The molecule has 0 spiro atoms. The van der Waals surface area contributed by atoms with E-state index in [-0.39, 0.29) is 11.9 Å². The van der Waals surface area contributed by atoms with Crippen molar-refractivity contribution in [3.8, 4) is 0 Å². The molecule has 0 radical (unpaired) electrons. The minimum Gasteiger partial charge on any atom is -0.368 e. The Morgan fingerprint density at radius 2 is 2.00 bits per heavy atom. The molecule has 1 aromatic heterocycles. The van der Waals surface area contributed by atoms with Gasteiger partial charge in [-0.2, -0.15) is 4.40 Å². The van der Waals surface area contributed by atoms with Gasteiger partial charge in [0.2, 0.25) is 15.9 Å². The molecule has 1 aliphatic carbocycles. The van der Waals surface area contributed by atoms with Crippen molar-refractivity contribution < 1.29 is 18.0 Å². The lowest BCUT2D eigenvalue weighted by molar-refractivity contribution is -0.120. The molecule has 27 heavy (non-hydrogen) atoms. The van der Waals surface area contributed by atoms with Crippen LogP contribution in [0.4, 0.5) is 0 Å². The highest BCUT2D eigenvalue weighted by Gasteiger charge is 2.23. The Kier molecular flexibility index (Phi) is 9.53. The van der Waals surface area contributed by atoms with Gasteiger partial charge in [0.25, 0.3) is 5.91 Å². The van der Waals surface area contributed by atoms with Crippen LogP contribution >= 0.6 is 15.9 Å². The quantitative estimate of drug-likeness (QED) is 0.390. The molecule has 0 unspecified atom stereocenters. The van der Waals surface area contributed by atoms with Crippen LogP contribution in [0.1, 0.15) is 31.4 Å². The van der Waals surface area contributed by atoms with Gasteiger partial charge in [-0.25, -0.2) is 13.4 Å². The second kappa shape index (κ2) is 11.1. The first-order valence-electron chi connectivity index (χ1n) is 8.28. The summed E-state index contributed by atoms with van der Waals surface area (Å²) in [4.78, 5) is 25.7. The van der Waals surface area contributed by atoms with Gasteiger partial charge in [-0.15, -0.1) is 0 Å². The van der Waals surface area contributed by atoms with Gasteiger partial charge in [0.05, 0.1) is 12.3 Å². The smallest absolute Gasteiger partial charge is 0.260 e. The minimum atomic E-state index is -3.45.